The number of hydrogen-bond acceptors (Lipinski definition) is 12. The summed E-state index contributed by atoms with van der Waals surface area (Å²) in [7, 11) is -11.7. The van der Waals surface area contributed by atoms with Gasteiger partial charge in [0.05, 0.1) is 0 Å². The van der Waals surface area contributed by atoms with E-state index in [1.807, 2.05) is 0 Å². The van der Waals surface area contributed by atoms with Crippen LogP contribution in [0.15, 0.2) is 44.0 Å². The minimum absolute atomic E-state index is 0. The van der Waals surface area contributed by atoms with Gasteiger partial charge in [0.2, 0.25) is 30.6 Å². The second-order valence-electron chi connectivity index (χ2n) is 6.90. The number of nitrogens with zero attached hydrogens (tertiary/aromatic N) is 5. The van der Waals surface area contributed by atoms with Gasteiger partial charge in [-0.2, -0.15) is 0 Å². The minimum Gasteiger partial charge on any atom is -0.808 e. The first-order valence-corrected chi connectivity index (χ1v) is 12.7. The molecule has 5 aromatic heterocycles. The van der Waals surface area contributed by atoms with E-state index in [0.29, 0.717) is 11.6 Å². The Morgan fingerprint density at radius 3 is 1.68 bits per heavy atom. The largest absolute Gasteiger partial charge is 0.808 e. The van der Waals surface area contributed by atoms with Crippen molar-refractivity contribution in [2.75, 3.05) is 11.5 Å². The topological polar surface area (TPSA) is 453 Å². The zero-order valence-corrected chi connectivity index (χ0v) is 21.8. The molecular weight excluding hydrogens is 586 g/mol. The number of aromatic amines is 5. The first kappa shape index (κ1) is 38.2. The minimum atomic E-state index is -5.96. The number of nitrogens with two attached hydrogens (primary N) is 2. The van der Waals surface area contributed by atoms with Crippen LogP contribution < -0.4 is 40.7 Å². The molecule has 5 aromatic rings. The van der Waals surface area contributed by atoms with Crippen LogP contribution in [0.5, 0.6) is 0 Å². The van der Waals surface area contributed by atoms with Gasteiger partial charge in [-0.25, -0.2) is 14.5 Å². The molecule has 19 N–H and O–H groups in total. The van der Waals surface area contributed by atoms with E-state index in [1.54, 1.807) is 12.7 Å². The number of nitrogens with one attached hydrogen (secondary N) is 5. The number of nitrogen functional groups attached to an aromatic ring is 2. The summed E-state index contributed by atoms with van der Waals surface area (Å²) >= 11 is 0. The number of anilines is 2. The van der Waals surface area contributed by atoms with Gasteiger partial charge in [-0.1, -0.05) is 19.9 Å². The number of imidazole rings is 3. The van der Waals surface area contributed by atoms with Crippen molar-refractivity contribution in [1.29, 1.82) is 0 Å². The molecule has 0 bridgehead atoms. The van der Waals surface area contributed by atoms with E-state index in [1.165, 1.54) is 25.0 Å². The summed E-state index contributed by atoms with van der Waals surface area (Å²) in [6.07, 6.45) is 9.75. The molecule has 224 valence electrons. The molecule has 0 aliphatic rings. The van der Waals surface area contributed by atoms with Gasteiger partial charge >= 0.3 is 0 Å². The second-order valence-corrected chi connectivity index (χ2v) is 10.8. The molecule has 0 aromatic carbocycles. The van der Waals surface area contributed by atoms with Gasteiger partial charge in [-0.15, -0.1) is 0 Å². The summed E-state index contributed by atoms with van der Waals surface area (Å²) in [5, 5.41) is 5.55. The van der Waals surface area contributed by atoms with Crippen LogP contribution in [-0.2, 0) is 15.7 Å². The second kappa shape index (κ2) is 15.0. The zero-order valence-electron chi connectivity index (χ0n) is 20.0. The Hall–Kier alpha value is -3.99. The maximum Gasteiger partial charge on any atom is 0.290 e. The van der Waals surface area contributed by atoms with Crippen molar-refractivity contribution in [3.8, 4) is 0 Å². The third kappa shape index (κ3) is 8.51. The fourth-order valence-corrected chi connectivity index (χ4v) is 4.56. The third-order valence-corrected chi connectivity index (χ3v) is 8.05. The van der Waals surface area contributed by atoms with Gasteiger partial charge in [0.25, 0.3) is 11.3 Å². The van der Waals surface area contributed by atoms with Crippen LogP contribution in [0.3, 0.4) is 0 Å². The molecule has 0 radical (unpaired) electrons. The molecule has 1 unspecified atom stereocenters. The molecular formula is C15H28N12O11P2. The van der Waals surface area contributed by atoms with Crippen molar-refractivity contribution in [2.45, 2.75) is 11.6 Å². The SMILES string of the molecule is Nc1nc[nH+]c2nc[nH]c12.Nc1nc[nH+]c2nc[nH]c12.O.O.O.O.O=P([O-])([O-])[C@](O)(C[n+]1cc[nH]c1)P(=O)([O-])O. The molecule has 40 heavy (non-hydrogen) atoms. The lowest BCUT2D eigenvalue weighted by Crippen LogP contribution is -2.52. The number of hydrogen-bond donors (Lipinski definition) is 7. The van der Waals surface area contributed by atoms with E-state index in [-0.39, 0.29) is 21.9 Å². The molecule has 0 aliphatic carbocycles. The van der Waals surface area contributed by atoms with E-state index in [0.717, 1.165) is 33.2 Å². The monoisotopic (exact) mass is 614 g/mol. The Bertz CT molecular complexity index is 1440. The van der Waals surface area contributed by atoms with Crippen molar-refractivity contribution in [3.05, 3.63) is 44.0 Å². The van der Waals surface area contributed by atoms with Gasteiger partial charge in [0, 0.05) is 0 Å². The lowest BCUT2D eigenvalue weighted by Gasteiger charge is -2.48. The fourth-order valence-electron chi connectivity index (χ4n) is 2.65. The number of H-pyrrole nitrogens is 5. The van der Waals surface area contributed by atoms with Crippen LogP contribution in [-0.4, -0.2) is 71.9 Å². The van der Waals surface area contributed by atoms with Crippen LogP contribution in [0.2, 0.25) is 0 Å². The Morgan fingerprint density at radius 2 is 1.35 bits per heavy atom. The first-order chi connectivity index (χ1) is 16.8. The van der Waals surface area contributed by atoms with Gasteiger partial charge in [-0.05, 0) is 7.60 Å². The van der Waals surface area contributed by atoms with E-state index in [9.17, 15) is 28.9 Å². The molecule has 0 saturated carbocycles. The first-order valence-electron chi connectivity index (χ1n) is 9.54. The Labute approximate surface area is 222 Å². The van der Waals surface area contributed by atoms with Crippen molar-refractivity contribution in [3.63, 3.8) is 0 Å². The average Bonchev–Trinajstić information content (AvgIpc) is 3.55. The molecule has 0 saturated heterocycles. The molecule has 0 spiro atoms. The summed E-state index contributed by atoms with van der Waals surface area (Å²) in [5.41, 5.74) is 14.0. The number of aromatic nitrogens is 10. The molecule has 0 aliphatic heterocycles. The lowest BCUT2D eigenvalue weighted by molar-refractivity contribution is -0.703. The third-order valence-electron chi connectivity index (χ3n) is 4.49. The predicted octanol–water partition coefficient (Wildman–Crippen LogP) is -8.18. The highest BCUT2D eigenvalue weighted by molar-refractivity contribution is 7.69. The van der Waals surface area contributed by atoms with Crippen LogP contribution in [0.4, 0.5) is 11.6 Å². The van der Waals surface area contributed by atoms with Crippen molar-refractivity contribution in [1.82, 2.24) is 34.9 Å². The van der Waals surface area contributed by atoms with Gasteiger partial charge in [-0.3, -0.25) is 4.98 Å². The summed E-state index contributed by atoms with van der Waals surface area (Å²) < 4.78 is 22.3. The average molecular weight is 614 g/mol. The quantitative estimate of drug-likeness (QED) is 0.0731. The molecule has 23 nitrogen and oxygen atoms in total. The van der Waals surface area contributed by atoms with E-state index in [2.05, 4.69) is 44.9 Å². The highest BCUT2D eigenvalue weighted by Gasteiger charge is 2.44. The number of fused-ring (bicyclic) bond motifs is 2. The van der Waals surface area contributed by atoms with Crippen molar-refractivity contribution >= 4 is 49.2 Å². The smallest absolute Gasteiger partial charge is 0.290 e. The lowest BCUT2D eigenvalue weighted by atomic mass is 10.5. The van der Waals surface area contributed by atoms with Crippen LogP contribution >= 0.6 is 15.2 Å². The van der Waals surface area contributed by atoms with Gasteiger partial charge < -0.3 is 77.2 Å². The number of aliphatic hydroxyl groups is 1. The highest BCUT2D eigenvalue weighted by Crippen LogP contribution is 2.61. The molecule has 5 heterocycles. The maximum atomic E-state index is 10.8. The Morgan fingerprint density at radius 1 is 0.900 bits per heavy atom. The normalized spacial score (nSPS) is 13.2. The fraction of sp³-hybridized carbons (Fsp3) is 0.133. The maximum absolute atomic E-state index is 10.8. The van der Waals surface area contributed by atoms with E-state index >= 15 is 0 Å². The standard InChI is InChI=1S/2C5H5N5.C5H10N2O7P2.4H2O/c2*6-4-3-5(9-1-7-3)10-2-8-4;8-5(15(9,10)11,16(12,13)14)3-7-2-1-6-4-7;;;;/h2*1-2H,(H3,6,7,8,9,10);1-2,4,8H,3H2,(H4,9,10,11,12,13,14);4*1H2. The Balaban J connectivity index is 0. The Kier molecular flexibility index (Phi) is 14.3. The van der Waals surface area contributed by atoms with E-state index in [4.69, 9.17) is 16.4 Å². The van der Waals surface area contributed by atoms with Crippen LogP contribution in [0.25, 0.3) is 22.3 Å². The molecule has 5 rings (SSSR count). The molecule has 2 atom stereocenters. The molecule has 0 amide bonds. The van der Waals surface area contributed by atoms with Crippen LogP contribution in [0, 0.1) is 0 Å². The summed E-state index contributed by atoms with van der Waals surface area (Å²) in [5.74, 6) is 0.928. The van der Waals surface area contributed by atoms with Crippen molar-refractivity contribution in [2.24, 2.45) is 0 Å². The van der Waals surface area contributed by atoms with Crippen LogP contribution in [0.1, 0.15) is 0 Å². The summed E-state index contributed by atoms with van der Waals surface area (Å²) in [4.78, 5) is 70.2. The van der Waals surface area contributed by atoms with Gasteiger partial charge in [0.1, 0.15) is 18.9 Å². The van der Waals surface area contributed by atoms with Gasteiger partial charge in [0.15, 0.2) is 36.4 Å². The molecule has 25 heteroatoms. The molecule has 0 fully saturated rings. The van der Waals surface area contributed by atoms with Crippen molar-refractivity contribution < 1.29 is 70.3 Å². The highest BCUT2D eigenvalue weighted by atomic mass is 31.2. The zero-order chi connectivity index (χ0) is 26.6. The summed E-state index contributed by atoms with van der Waals surface area (Å²) in [6.45, 7) is -1.11. The van der Waals surface area contributed by atoms with E-state index < -0.39 is 26.8 Å². The number of rotatable bonds is 4. The predicted molar refractivity (Wildman–Crippen MR) is 128 cm³/mol. The summed E-state index contributed by atoms with van der Waals surface area (Å²) in [6, 6.07) is 0.